The highest BCUT2D eigenvalue weighted by Crippen LogP contribution is 2.37. The zero-order valence-corrected chi connectivity index (χ0v) is 16.5. The number of rotatable bonds is 4. The molecule has 0 radical (unpaired) electrons. The molecule has 0 spiro atoms. The number of benzene rings is 3. The second-order valence-corrected chi connectivity index (χ2v) is 7.18. The first-order valence-corrected chi connectivity index (χ1v) is 9.76. The van der Waals surface area contributed by atoms with E-state index in [0.29, 0.717) is 5.57 Å². The molecule has 4 aromatic rings. The van der Waals surface area contributed by atoms with Gasteiger partial charge in [-0.1, -0.05) is 60.7 Å². The Balaban J connectivity index is 1.64. The van der Waals surface area contributed by atoms with E-state index >= 15 is 0 Å². The molecule has 0 fully saturated rings. The maximum absolute atomic E-state index is 12.9. The number of imidazole rings is 1. The average molecular weight is 392 g/mol. The van der Waals surface area contributed by atoms with Gasteiger partial charge in [-0.25, -0.2) is 4.98 Å². The third kappa shape index (κ3) is 3.16. The van der Waals surface area contributed by atoms with Crippen LogP contribution in [0.3, 0.4) is 0 Å². The summed E-state index contributed by atoms with van der Waals surface area (Å²) >= 11 is 0. The van der Waals surface area contributed by atoms with Crippen molar-refractivity contribution in [2.24, 2.45) is 7.05 Å². The Kier molecular flexibility index (Phi) is 4.41. The van der Waals surface area contributed by atoms with E-state index in [0.717, 1.165) is 39.6 Å². The maximum Gasteiger partial charge on any atom is 0.258 e. The van der Waals surface area contributed by atoms with Gasteiger partial charge < -0.3 is 15.2 Å². The smallest absolute Gasteiger partial charge is 0.258 e. The minimum absolute atomic E-state index is 0.109. The summed E-state index contributed by atoms with van der Waals surface area (Å²) in [5.74, 6) is 0.777. The quantitative estimate of drug-likeness (QED) is 0.480. The fourth-order valence-electron chi connectivity index (χ4n) is 3.77. The number of hydrogen-bond acceptors (Lipinski definition) is 3. The van der Waals surface area contributed by atoms with Gasteiger partial charge in [0.25, 0.3) is 5.91 Å². The average Bonchev–Trinajstić information content (AvgIpc) is 3.35. The fourth-order valence-corrected chi connectivity index (χ4v) is 3.77. The molecular formula is C25H20N4O. The normalized spacial score (nSPS) is 14.2. The van der Waals surface area contributed by atoms with Crippen molar-refractivity contribution in [3.63, 3.8) is 0 Å². The minimum atomic E-state index is -0.109. The van der Waals surface area contributed by atoms with Crippen molar-refractivity contribution in [3.8, 4) is 11.4 Å². The van der Waals surface area contributed by atoms with Crippen molar-refractivity contribution in [2.45, 2.75) is 0 Å². The van der Waals surface area contributed by atoms with Gasteiger partial charge in [-0.2, -0.15) is 0 Å². The van der Waals surface area contributed by atoms with E-state index in [9.17, 15) is 4.79 Å². The summed E-state index contributed by atoms with van der Waals surface area (Å²) in [6.45, 7) is 0. The molecule has 1 aromatic heterocycles. The number of carbonyl (C=O) groups excluding carboxylic acids is 1. The first-order chi connectivity index (χ1) is 14.7. The van der Waals surface area contributed by atoms with Gasteiger partial charge in [0.1, 0.15) is 5.82 Å². The predicted molar refractivity (Wildman–Crippen MR) is 121 cm³/mol. The lowest BCUT2D eigenvalue weighted by Gasteiger charge is -2.15. The van der Waals surface area contributed by atoms with Gasteiger partial charge in [-0.15, -0.1) is 0 Å². The van der Waals surface area contributed by atoms with Crippen LogP contribution < -0.4 is 10.6 Å². The lowest BCUT2D eigenvalue weighted by atomic mass is 10.00. The highest BCUT2D eigenvalue weighted by atomic mass is 16.2. The molecule has 5 heteroatoms. The lowest BCUT2D eigenvalue weighted by Crippen LogP contribution is -2.10. The van der Waals surface area contributed by atoms with Crippen LogP contribution >= 0.6 is 0 Å². The van der Waals surface area contributed by atoms with Crippen LogP contribution in [0.1, 0.15) is 11.1 Å². The fraction of sp³-hybridized carbons (Fsp3) is 0.0400. The summed E-state index contributed by atoms with van der Waals surface area (Å²) in [6, 6.07) is 25.7. The number of fused-ring (bicyclic) bond motifs is 1. The minimum Gasteiger partial charge on any atom is -0.354 e. The van der Waals surface area contributed by atoms with Crippen molar-refractivity contribution in [3.05, 3.63) is 102 Å². The second-order valence-electron chi connectivity index (χ2n) is 7.18. The Morgan fingerprint density at radius 1 is 0.967 bits per heavy atom. The Labute approximate surface area is 174 Å². The summed E-state index contributed by atoms with van der Waals surface area (Å²) in [6.07, 6.45) is 3.71. The first kappa shape index (κ1) is 17.9. The largest absolute Gasteiger partial charge is 0.354 e. The van der Waals surface area contributed by atoms with Gasteiger partial charge in [0.05, 0.1) is 11.3 Å². The van der Waals surface area contributed by atoms with Crippen molar-refractivity contribution < 1.29 is 4.79 Å². The number of nitrogens with zero attached hydrogens (tertiary/aromatic N) is 2. The third-order valence-corrected chi connectivity index (χ3v) is 5.20. The van der Waals surface area contributed by atoms with Crippen LogP contribution in [0, 0.1) is 0 Å². The summed E-state index contributed by atoms with van der Waals surface area (Å²) in [7, 11) is 1.97. The van der Waals surface area contributed by atoms with Crippen LogP contribution in [0.2, 0.25) is 0 Å². The number of carbonyl (C=O) groups is 1. The van der Waals surface area contributed by atoms with E-state index in [1.807, 2.05) is 96.7 Å². The Morgan fingerprint density at radius 3 is 2.57 bits per heavy atom. The molecule has 30 heavy (non-hydrogen) atoms. The van der Waals surface area contributed by atoms with Crippen molar-refractivity contribution in [2.75, 3.05) is 10.6 Å². The van der Waals surface area contributed by atoms with Gasteiger partial charge in [0.2, 0.25) is 0 Å². The van der Waals surface area contributed by atoms with E-state index in [4.69, 9.17) is 0 Å². The SMILES string of the molecule is Cn1ccnc1-c1cccc(NC(=C2C(=O)Nc3ccccc32)c2ccccc2)c1. The molecular weight excluding hydrogens is 372 g/mol. The highest BCUT2D eigenvalue weighted by molar-refractivity contribution is 6.37. The Bertz CT molecular complexity index is 1270. The number of amides is 1. The number of anilines is 2. The van der Waals surface area contributed by atoms with E-state index in [-0.39, 0.29) is 5.91 Å². The summed E-state index contributed by atoms with van der Waals surface area (Å²) in [4.78, 5) is 17.4. The zero-order valence-electron chi connectivity index (χ0n) is 16.5. The van der Waals surface area contributed by atoms with Gasteiger partial charge >= 0.3 is 0 Å². The van der Waals surface area contributed by atoms with Crippen molar-refractivity contribution in [1.29, 1.82) is 0 Å². The van der Waals surface area contributed by atoms with Crippen LogP contribution in [0.25, 0.3) is 22.7 Å². The molecule has 0 atom stereocenters. The summed E-state index contributed by atoms with van der Waals surface area (Å²) in [5.41, 5.74) is 5.97. The molecule has 5 rings (SSSR count). The molecule has 1 amide bonds. The molecule has 1 aliphatic heterocycles. The molecule has 0 unspecified atom stereocenters. The molecule has 3 aromatic carbocycles. The summed E-state index contributed by atoms with van der Waals surface area (Å²) in [5, 5.41) is 6.49. The molecule has 146 valence electrons. The van der Waals surface area contributed by atoms with Gasteiger partial charge in [-0.05, 0) is 23.8 Å². The van der Waals surface area contributed by atoms with E-state index < -0.39 is 0 Å². The monoisotopic (exact) mass is 392 g/mol. The van der Waals surface area contributed by atoms with E-state index in [1.165, 1.54) is 0 Å². The molecule has 0 bridgehead atoms. The topological polar surface area (TPSA) is 59.0 Å². The van der Waals surface area contributed by atoms with E-state index in [1.54, 1.807) is 6.20 Å². The van der Waals surface area contributed by atoms with Crippen LogP contribution in [0.4, 0.5) is 11.4 Å². The number of hydrogen-bond donors (Lipinski definition) is 2. The van der Waals surface area contributed by atoms with Crippen molar-refractivity contribution >= 4 is 28.6 Å². The number of aryl methyl sites for hydroxylation is 1. The third-order valence-electron chi connectivity index (χ3n) is 5.20. The first-order valence-electron chi connectivity index (χ1n) is 9.76. The molecule has 2 N–H and O–H groups in total. The molecule has 5 nitrogen and oxygen atoms in total. The number of para-hydroxylation sites is 1. The predicted octanol–water partition coefficient (Wildman–Crippen LogP) is 5.02. The van der Waals surface area contributed by atoms with Gasteiger partial charge in [0, 0.05) is 41.9 Å². The molecule has 0 saturated heterocycles. The Morgan fingerprint density at radius 2 is 1.77 bits per heavy atom. The van der Waals surface area contributed by atoms with Crippen LogP contribution in [-0.2, 0) is 11.8 Å². The standard InChI is InChI=1S/C25H20N4O/c1-29-15-14-26-24(29)18-10-7-11-19(16-18)27-23(17-8-3-2-4-9-17)22-20-12-5-6-13-21(20)28-25(22)30/h2-16,27H,1H3,(H,28,30). The maximum atomic E-state index is 12.9. The second kappa shape index (κ2) is 7.37. The molecule has 0 saturated carbocycles. The molecule has 0 aliphatic carbocycles. The van der Waals surface area contributed by atoms with Gasteiger partial charge in [-0.3, -0.25) is 4.79 Å². The van der Waals surface area contributed by atoms with E-state index in [2.05, 4.69) is 15.6 Å². The van der Waals surface area contributed by atoms with Crippen LogP contribution in [0.15, 0.2) is 91.3 Å². The van der Waals surface area contributed by atoms with Gasteiger partial charge in [0.15, 0.2) is 0 Å². The zero-order chi connectivity index (χ0) is 20.5. The number of aromatic nitrogens is 2. The molecule has 2 heterocycles. The number of nitrogens with one attached hydrogen (secondary N) is 2. The van der Waals surface area contributed by atoms with Crippen LogP contribution in [0.5, 0.6) is 0 Å². The highest BCUT2D eigenvalue weighted by Gasteiger charge is 2.28. The summed E-state index contributed by atoms with van der Waals surface area (Å²) < 4.78 is 1.98. The molecule has 1 aliphatic rings. The lowest BCUT2D eigenvalue weighted by molar-refractivity contribution is -0.110. The Hall–Kier alpha value is -4.12. The van der Waals surface area contributed by atoms with Crippen LogP contribution in [-0.4, -0.2) is 15.5 Å². The van der Waals surface area contributed by atoms with Crippen molar-refractivity contribution in [1.82, 2.24) is 9.55 Å².